The van der Waals surface area contributed by atoms with Crippen molar-refractivity contribution in [2.45, 2.75) is 53.9 Å². The predicted octanol–water partition coefficient (Wildman–Crippen LogP) is 4.57. The zero-order valence-electron chi connectivity index (χ0n) is 13.2. The minimum absolute atomic E-state index is 0.111. The van der Waals surface area contributed by atoms with E-state index in [4.69, 9.17) is 4.74 Å². The molecule has 0 aromatic heterocycles. The van der Waals surface area contributed by atoms with Gasteiger partial charge < -0.3 is 4.74 Å². The van der Waals surface area contributed by atoms with Crippen molar-refractivity contribution >= 4 is 5.97 Å². The zero-order chi connectivity index (χ0) is 14.8. The van der Waals surface area contributed by atoms with Crippen LogP contribution in [0.4, 0.5) is 0 Å². The smallest absolute Gasteiger partial charge is 0.317 e. The fourth-order valence-corrected chi connectivity index (χ4v) is 1.50. The van der Waals surface area contributed by atoms with Crippen molar-refractivity contribution in [1.29, 1.82) is 0 Å². The van der Waals surface area contributed by atoms with E-state index < -0.39 is 5.41 Å². The summed E-state index contributed by atoms with van der Waals surface area (Å²) in [5.74, 6) is 0.687. The lowest BCUT2D eigenvalue weighted by Crippen LogP contribution is -2.33. The SMILES string of the molecule is CC(C)C(C)(C)C(=O)Oc1ccc(C(C)(C)C)cc1. The molecule has 106 valence electrons. The fourth-order valence-electron chi connectivity index (χ4n) is 1.50. The molecule has 0 spiro atoms. The molecule has 19 heavy (non-hydrogen) atoms. The molecule has 0 saturated carbocycles. The molecule has 0 aliphatic heterocycles. The molecule has 0 N–H and O–H groups in total. The van der Waals surface area contributed by atoms with Gasteiger partial charge in [0.15, 0.2) is 0 Å². The molecule has 0 unspecified atom stereocenters. The van der Waals surface area contributed by atoms with E-state index in [0.717, 1.165) is 0 Å². The van der Waals surface area contributed by atoms with Crippen molar-refractivity contribution in [3.05, 3.63) is 29.8 Å². The summed E-state index contributed by atoms with van der Waals surface area (Å²) >= 11 is 0. The first-order chi connectivity index (χ1) is 8.55. The number of ether oxygens (including phenoxy) is 1. The summed E-state index contributed by atoms with van der Waals surface area (Å²) in [6, 6.07) is 7.78. The minimum atomic E-state index is -0.470. The van der Waals surface area contributed by atoms with Crippen LogP contribution >= 0.6 is 0 Å². The van der Waals surface area contributed by atoms with Gasteiger partial charge in [0.25, 0.3) is 0 Å². The minimum Gasteiger partial charge on any atom is -0.426 e. The standard InChI is InChI=1S/C17H26O2/c1-12(2)17(6,7)15(18)19-14-10-8-13(9-11-14)16(3,4)5/h8-12H,1-7H3. The largest absolute Gasteiger partial charge is 0.426 e. The van der Waals surface area contributed by atoms with Gasteiger partial charge in [0, 0.05) is 0 Å². The van der Waals surface area contributed by atoms with Crippen LogP contribution in [0.2, 0.25) is 0 Å². The number of hydrogen-bond acceptors (Lipinski definition) is 2. The van der Waals surface area contributed by atoms with Crippen molar-refractivity contribution in [3.8, 4) is 5.75 Å². The first-order valence-corrected chi connectivity index (χ1v) is 6.88. The van der Waals surface area contributed by atoms with E-state index in [2.05, 4.69) is 20.8 Å². The summed E-state index contributed by atoms with van der Waals surface area (Å²) in [6.45, 7) is 14.4. The van der Waals surface area contributed by atoms with E-state index in [0.29, 0.717) is 5.75 Å². The average molecular weight is 262 g/mol. The normalized spacial score (nSPS) is 12.6. The monoisotopic (exact) mass is 262 g/mol. The highest BCUT2D eigenvalue weighted by molar-refractivity contribution is 5.78. The summed E-state index contributed by atoms with van der Waals surface area (Å²) in [6.07, 6.45) is 0. The Bertz CT molecular complexity index is 433. The van der Waals surface area contributed by atoms with Crippen molar-refractivity contribution in [2.75, 3.05) is 0 Å². The Hall–Kier alpha value is -1.31. The van der Waals surface area contributed by atoms with Crippen LogP contribution in [0.15, 0.2) is 24.3 Å². The molecule has 0 aliphatic rings. The van der Waals surface area contributed by atoms with Crippen LogP contribution in [0.5, 0.6) is 5.75 Å². The van der Waals surface area contributed by atoms with Gasteiger partial charge in [-0.1, -0.05) is 46.8 Å². The summed E-state index contributed by atoms with van der Waals surface area (Å²) in [4.78, 5) is 12.1. The Morgan fingerprint density at radius 3 is 1.84 bits per heavy atom. The van der Waals surface area contributed by atoms with Gasteiger partial charge >= 0.3 is 5.97 Å². The van der Waals surface area contributed by atoms with Gasteiger partial charge in [-0.05, 0) is 42.9 Å². The molecule has 1 aromatic rings. The Kier molecular flexibility index (Phi) is 4.44. The van der Waals surface area contributed by atoms with Crippen LogP contribution < -0.4 is 4.74 Å². The van der Waals surface area contributed by atoms with E-state index in [1.165, 1.54) is 5.56 Å². The zero-order valence-corrected chi connectivity index (χ0v) is 13.2. The molecule has 0 bridgehead atoms. The highest BCUT2D eigenvalue weighted by atomic mass is 16.5. The topological polar surface area (TPSA) is 26.3 Å². The third-order valence-electron chi connectivity index (χ3n) is 3.90. The van der Waals surface area contributed by atoms with E-state index >= 15 is 0 Å². The quantitative estimate of drug-likeness (QED) is 0.589. The van der Waals surface area contributed by atoms with Crippen molar-refractivity contribution < 1.29 is 9.53 Å². The van der Waals surface area contributed by atoms with Gasteiger partial charge in [-0.25, -0.2) is 0 Å². The lowest BCUT2D eigenvalue weighted by Gasteiger charge is -2.26. The first kappa shape index (κ1) is 15.7. The summed E-state index contributed by atoms with van der Waals surface area (Å²) < 4.78 is 5.47. The maximum atomic E-state index is 12.1. The van der Waals surface area contributed by atoms with Crippen LogP contribution in [0, 0.1) is 11.3 Å². The second-order valence-electron chi connectivity index (χ2n) is 7.04. The second-order valence-corrected chi connectivity index (χ2v) is 7.04. The van der Waals surface area contributed by atoms with Crippen molar-refractivity contribution in [2.24, 2.45) is 11.3 Å². The van der Waals surface area contributed by atoms with E-state index in [1.807, 2.05) is 52.0 Å². The summed E-state index contributed by atoms with van der Waals surface area (Å²) in [5, 5.41) is 0. The molecule has 0 saturated heterocycles. The Morgan fingerprint density at radius 1 is 1.00 bits per heavy atom. The van der Waals surface area contributed by atoms with Crippen LogP contribution in [0.25, 0.3) is 0 Å². The third kappa shape index (κ3) is 3.82. The Morgan fingerprint density at radius 2 is 1.47 bits per heavy atom. The molecule has 2 heteroatoms. The summed E-state index contributed by atoms with van der Waals surface area (Å²) in [5.41, 5.74) is 0.873. The van der Waals surface area contributed by atoms with Gasteiger partial charge in [-0.2, -0.15) is 0 Å². The fraction of sp³-hybridized carbons (Fsp3) is 0.588. The number of rotatable bonds is 3. The number of hydrogen-bond donors (Lipinski definition) is 0. The van der Waals surface area contributed by atoms with Gasteiger partial charge in [-0.15, -0.1) is 0 Å². The maximum Gasteiger partial charge on any atom is 0.317 e. The molecule has 0 heterocycles. The number of benzene rings is 1. The number of carbonyl (C=O) groups excluding carboxylic acids is 1. The number of carbonyl (C=O) groups is 1. The van der Waals surface area contributed by atoms with Gasteiger partial charge in [0.05, 0.1) is 5.41 Å². The third-order valence-corrected chi connectivity index (χ3v) is 3.90. The van der Waals surface area contributed by atoms with E-state index in [9.17, 15) is 4.79 Å². The second kappa shape index (κ2) is 5.36. The molecule has 0 fully saturated rings. The predicted molar refractivity (Wildman–Crippen MR) is 79.4 cm³/mol. The number of esters is 1. The lowest BCUT2D eigenvalue weighted by atomic mass is 9.81. The van der Waals surface area contributed by atoms with E-state index in [-0.39, 0.29) is 17.3 Å². The molecule has 0 atom stereocenters. The molecular weight excluding hydrogens is 236 g/mol. The highest BCUT2D eigenvalue weighted by Gasteiger charge is 2.33. The van der Waals surface area contributed by atoms with Gasteiger partial charge in [0.2, 0.25) is 0 Å². The first-order valence-electron chi connectivity index (χ1n) is 6.88. The lowest BCUT2D eigenvalue weighted by molar-refractivity contribution is -0.146. The van der Waals surface area contributed by atoms with Crippen LogP contribution in [-0.2, 0) is 10.2 Å². The van der Waals surface area contributed by atoms with Crippen molar-refractivity contribution in [1.82, 2.24) is 0 Å². The van der Waals surface area contributed by atoms with E-state index in [1.54, 1.807) is 0 Å². The van der Waals surface area contributed by atoms with Gasteiger partial charge in [-0.3, -0.25) is 4.79 Å². The molecule has 2 nitrogen and oxygen atoms in total. The maximum absolute atomic E-state index is 12.1. The Labute approximate surface area is 117 Å². The summed E-state index contributed by atoms with van der Waals surface area (Å²) in [7, 11) is 0. The molecule has 0 radical (unpaired) electrons. The average Bonchev–Trinajstić information content (AvgIpc) is 2.28. The van der Waals surface area contributed by atoms with Crippen molar-refractivity contribution in [3.63, 3.8) is 0 Å². The van der Waals surface area contributed by atoms with Crippen LogP contribution in [-0.4, -0.2) is 5.97 Å². The highest BCUT2D eigenvalue weighted by Crippen LogP contribution is 2.29. The molecule has 0 aliphatic carbocycles. The van der Waals surface area contributed by atoms with Crippen LogP contribution in [0.1, 0.15) is 54.0 Å². The Balaban J connectivity index is 2.82. The molecule has 1 aromatic carbocycles. The molecule has 1 rings (SSSR count). The van der Waals surface area contributed by atoms with Crippen LogP contribution in [0.3, 0.4) is 0 Å². The molecule has 0 amide bonds. The van der Waals surface area contributed by atoms with Gasteiger partial charge in [0.1, 0.15) is 5.75 Å². The molecular formula is C17H26O2.